The van der Waals surface area contributed by atoms with Gasteiger partial charge in [-0.1, -0.05) is 47.9 Å². The first-order chi connectivity index (χ1) is 13.7. The molecular weight excluding hydrogens is 414 g/mol. The zero-order valence-corrected chi connectivity index (χ0v) is 17.7. The second-order valence-electron chi connectivity index (χ2n) is 6.51. The highest BCUT2D eigenvalue weighted by Gasteiger charge is 2.21. The smallest absolute Gasteiger partial charge is 0.259 e. The minimum Gasteiger partial charge on any atom is -0.338 e. The van der Waals surface area contributed by atoms with Gasteiger partial charge in [-0.3, -0.25) is 10.1 Å². The minimum absolute atomic E-state index is 0.0137. The van der Waals surface area contributed by atoms with Crippen LogP contribution in [0.2, 0.25) is 5.02 Å². The summed E-state index contributed by atoms with van der Waals surface area (Å²) in [5.74, 6) is -0.476. The number of aryl methyl sites for hydroxylation is 1. The fraction of sp³-hybridized carbons (Fsp3) is 0.200. The number of carbonyl (C=O) groups is 1. The maximum atomic E-state index is 12.6. The van der Waals surface area contributed by atoms with Crippen molar-refractivity contribution in [3.8, 4) is 11.3 Å². The van der Waals surface area contributed by atoms with Gasteiger partial charge in [0.05, 0.1) is 15.5 Å². The van der Waals surface area contributed by atoms with Crippen LogP contribution in [-0.2, 0) is 16.4 Å². The highest BCUT2D eigenvalue weighted by Crippen LogP contribution is 2.25. The second kappa shape index (κ2) is 8.36. The first-order valence-electron chi connectivity index (χ1n) is 8.82. The Bertz CT molecular complexity index is 1140. The number of amides is 1. The lowest BCUT2D eigenvalue weighted by Gasteiger charge is -2.12. The first kappa shape index (κ1) is 21.0. The summed E-state index contributed by atoms with van der Waals surface area (Å²) >= 11 is 6.10. The van der Waals surface area contributed by atoms with E-state index in [0.717, 1.165) is 16.3 Å². The molecule has 3 aromatic rings. The molecule has 0 fully saturated rings. The van der Waals surface area contributed by atoms with Crippen LogP contribution in [0.1, 0.15) is 22.8 Å². The van der Waals surface area contributed by atoms with Crippen molar-refractivity contribution in [1.82, 2.24) is 9.46 Å². The molecule has 1 aromatic heterocycles. The number of nitrogens with zero attached hydrogens (tertiary/aromatic N) is 2. The van der Waals surface area contributed by atoms with Gasteiger partial charge in [0.15, 0.2) is 0 Å². The molecule has 1 heterocycles. The maximum absolute atomic E-state index is 12.6. The summed E-state index contributed by atoms with van der Waals surface area (Å²) in [4.78, 5) is 12.6. The van der Waals surface area contributed by atoms with Crippen molar-refractivity contribution in [2.75, 3.05) is 19.4 Å². The Morgan fingerprint density at radius 2 is 1.83 bits per heavy atom. The predicted molar refractivity (Wildman–Crippen MR) is 112 cm³/mol. The number of hydrogen-bond acceptors (Lipinski definition) is 5. The fourth-order valence-electron chi connectivity index (χ4n) is 2.61. The molecule has 0 bridgehead atoms. The van der Waals surface area contributed by atoms with Gasteiger partial charge in [-0.15, -0.1) is 0 Å². The van der Waals surface area contributed by atoms with E-state index in [1.54, 1.807) is 6.07 Å². The summed E-state index contributed by atoms with van der Waals surface area (Å²) in [5, 5.41) is 6.64. The third-order valence-corrected chi connectivity index (χ3v) is 6.51. The van der Waals surface area contributed by atoms with Crippen LogP contribution in [0.3, 0.4) is 0 Å². The van der Waals surface area contributed by atoms with Gasteiger partial charge in [-0.25, -0.2) is 12.7 Å². The number of halogens is 1. The standard InChI is InChI=1S/C20H20ClN3O4S/c1-4-13-5-7-14(8-6-13)18-12-19(28-23-18)22-20(25)16-11-15(9-10-17(16)21)29(26,27)24(2)3/h5-12H,4H2,1-3H3,(H,22,25). The molecule has 0 aliphatic heterocycles. The molecule has 9 heteroatoms. The van der Waals surface area contributed by atoms with Gasteiger partial charge in [-0.2, -0.15) is 0 Å². The Morgan fingerprint density at radius 3 is 2.45 bits per heavy atom. The van der Waals surface area contributed by atoms with E-state index < -0.39 is 15.9 Å². The Kier molecular flexibility index (Phi) is 6.07. The third kappa shape index (κ3) is 4.50. The summed E-state index contributed by atoms with van der Waals surface area (Å²) in [6.45, 7) is 2.07. The first-order valence-corrected chi connectivity index (χ1v) is 10.6. The molecule has 0 atom stereocenters. The molecule has 1 N–H and O–H groups in total. The van der Waals surface area contributed by atoms with E-state index in [0.29, 0.717) is 5.69 Å². The summed E-state index contributed by atoms with van der Waals surface area (Å²) in [6, 6.07) is 13.4. The maximum Gasteiger partial charge on any atom is 0.259 e. The molecule has 0 unspecified atom stereocenters. The molecule has 29 heavy (non-hydrogen) atoms. The van der Waals surface area contributed by atoms with Gasteiger partial charge < -0.3 is 4.52 Å². The number of rotatable bonds is 6. The SMILES string of the molecule is CCc1ccc(-c2cc(NC(=O)c3cc(S(=O)(=O)N(C)C)ccc3Cl)on2)cc1. The monoisotopic (exact) mass is 433 g/mol. The lowest BCUT2D eigenvalue weighted by atomic mass is 10.1. The van der Waals surface area contributed by atoms with Gasteiger partial charge in [-0.05, 0) is 30.2 Å². The molecule has 0 aliphatic rings. The van der Waals surface area contributed by atoms with E-state index in [9.17, 15) is 13.2 Å². The van der Waals surface area contributed by atoms with Crippen LogP contribution < -0.4 is 5.32 Å². The average molecular weight is 434 g/mol. The van der Waals surface area contributed by atoms with Gasteiger partial charge >= 0.3 is 0 Å². The highest BCUT2D eigenvalue weighted by molar-refractivity contribution is 7.89. The van der Waals surface area contributed by atoms with Crippen LogP contribution in [0.25, 0.3) is 11.3 Å². The number of anilines is 1. The van der Waals surface area contributed by atoms with Gasteiger partial charge in [0.2, 0.25) is 15.9 Å². The van der Waals surface area contributed by atoms with Crippen LogP contribution in [0.4, 0.5) is 5.88 Å². The molecular formula is C20H20ClN3O4S. The van der Waals surface area contributed by atoms with Crippen LogP contribution in [0.15, 0.2) is 57.9 Å². The number of hydrogen-bond donors (Lipinski definition) is 1. The summed E-state index contributed by atoms with van der Waals surface area (Å²) in [7, 11) is -0.882. The van der Waals surface area contributed by atoms with E-state index >= 15 is 0 Å². The highest BCUT2D eigenvalue weighted by atomic mass is 35.5. The van der Waals surface area contributed by atoms with Gasteiger partial charge in [0.25, 0.3) is 5.91 Å². The van der Waals surface area contributed by atoms with E-state index in [1.807, 2.05) is 24.3 Å². The van der Waals surface area contributed by atoms with Crippen molar-refractivity contribution < 1.29 is 17.7 Å². The largest absolute Gasteiger partial charge is 0.338 e. The van der Waals surface area contributed by atoms with Crippen LogP contribution in [0, 0.1) is 0 Å². The van der Waals surface area contributed by atoms with Gasteiger partial charge in [0, 0.05) is 25.7 Å². The summed E-state index contributed by atoms with van der Waals surface area (Å²) in [6.07, 6.45) is 0.934. The molecule has 0 aliphatic carbocycles. The predicted octanol–water partition coefficient (Wildman–Crippen LogP) is 4.06. The van der Waals surface area contributed by atoms with Crippen molar-refractivity contribution in [2.45, 2.75) is 18.2 Å². The Hall–Kier alpha value is -2.68. The Balaban J connectivity index is 1.83. The van der Waals surface area contributed by atoms with Crippen molar-refractivity contribution in [2.24, 2.45) is 0 Å². The number of benzene rings is 2. The molecule has 2 aromatic carbocycles. The number of nitrogens with one attached hydrogen (secondary N) is 1. The molecule has 3 rings (SSSR count). The zero-order valence-electron chi connectivity index (χ0n) is 16.1. The van der Waals surface area contributed by atoms with Crippen molar-refractivity contribution in [1.29, 1.82) is 0 Å². The van der Waals surface area contributed by atoms with Gasteiger partial charge in [0.1, 0.15) is 5.69 Å². The van der Waals surface area contributed by atoms with E-state index in [1.165, 1.54) is 37.9 Å². The molecule has 1 amide bonds. The molecule has 0 saturated heterocycles. The molecule has 0 radical (unpaired) electrons. The van der Waals surface area contributed by atoms with E-state index in [2.05, 4.69) is 17.4 Å². The normalized spacial score (nSPS) is 11.6. The number of aromatic nitrogens is 1. The molecule has 7 nitrogen and oxygen atoms in total. The molecule has 0 saturated carbocycles. The fourth-order valence-corrected chi connectivity index (χ4v) is 3.74. The lowest BCUT2D eigenvalue weighted by molar-refractivity contribution is 0.102. The van der Waals surface area contributed by atoms with Crippen molar-refractivity contribution >= 4 is 33.4 Å². The van der Waals surface area contributed by atoms with Crippen LogP contribution in [-0.4, -0.2) is 37.9 Å². The van der Waals surface area contributed by atoms with Crippen LogP contribution in [0.5, 0.6) is 0 Å². The number of sulfonamides is 1. The van der Waals surface area contributed by atoms with E-state index in [4.69, 9.17) is 16.1 Å². The molecule has 152 valence electrons. The Morgan fingerprint density at radius 1 is 1.14 bits per heavy atom. The van der Waals surface area contributed by atoms with E-state index in [-0.39, 0.29) is 21.4 Å². The third-order valence-electron chi connectivity index (χ3n) is 4.37. The Labute approximate surface area is 174 Å². The number of carbonyl (C=O) groups excluding carboxylic acids is 1. The summed E-state index contributed by atoms with van der Waals surface area (Å²) < 4.78 is 30.9. The quantitative estimate of drug-likeness (QED) is 0.632. The average Bonchev–Trinajstić information content (AvgIpc) is 3.16. The summed E-state index contributed by atoms with van der Waals surface area (Å²) in [5.41, 5.74) is 2.63. The lowest BCUT2D eigenvalue weighted by Crippen LogP contribution is -2.23. The zero-order chi connectivity index (χ0) is 21.2. The minimum atomic E-state index is -3.70. The second-order valence-corrected chi connectivity index (χ2v) is 9.07. The topological polar surface area (TPSA) is 92.5 Å². The molecule has 0 spiro atoms. The van der Waals surface area contributed by atoms with Crippen molar-refractivity contribution in [3.63, 3.8) is 0 Å². The van der Waals surface area contributed by atoms with Crippen LogP contribution >= 0.6 is 11.6 Å². The van der Waals surface area contributed by atoms with Crippen molar-refractivity contribution in [3.05, 3.63) is 64.7 Å².